The molecule has 0 saturated carbocycles. The highest BCUT2D eigenvalue weighted by molar-refractivity contribution is 7.09. The molecule has 0 bridgehead atoms. The first kappa shape index (κ1) is 14.6. The molecule has 1 atom stereocenters. The number of carbonyl (C=O) groups is 2. The number of nitrogens with zero attached hydrogens (tertiary/aromatic N) is 1. The van der Waals surface area contributed by atoms with Crippen molar-refractivity contribution in [1.82, 2.24) is 10.3 Å². The number of ether oxygens (including phenoxy) is 1. The molecular formula is C10H15N3O4S. The first-order chi connectivity index (χ1) is 8.58. The van der Waals surface area contributed by atoms with E-state index in [4.69, 9.17) is 5.73 Å². The second-order valence-corrected chi connectivity index (χ2v) is 4.36. The average Bonchev–Trinajstić information content (AvgIpc) is 2.83. The van der Waals surface area contributed by atoms with Gasteiger partial charge in [-0.1, -0.05) is 0 Å². The third-order valence-corrected chi connectivity index (χ3v) is 2.98. The first-order valence-corrected chi connectivity index (χ1v) is 6.15. The highest BCUT2D eigenvalue weighted by Gasteiger charge is 2.17. The van der Waals surface area contributed by atoms with Gasteiger partial charge in [-0.15, -0.1) is 11.3 Å². The number of nitrogens with two attached hydrogens (primary N) is 1. The fraction of sp³-hybridized carbons (Fsp3) is 0.500. The van der Waals surface area contributed by atoms with Gasteiger partial charge in [0.05, 0.1) is 18.7 Å². The molecule has 0 aliphatic rings. The van der Waals surface area contributed by atoms with Crippen molar-refractivity contribution in [3.63, 3.8) is 0 Å². The topological polar surface area (TPSA) is 115 Å². The van der Waals surface area contributed by atoms with Gasteiger partial charge in [-0.05, 0) is 6.54 Å². The Labute approximate surface area is 108 Å². The van der Waals surface area contributed by atoms with E-state index < -0.39 is 18.0 Å². The number of hydrogen-bond acceptors (Lipinski definition) is 7. The fourth-order valence-electron chi connectivity index (χ4n) is 1.15. The Hall–Kier alpha value is -1.51. The summed E-state index contributed by atoms with van der Waals surface area (Å²) in [6, 6.07) is 0. The molecule has 7 nitrogen and oxygen atoms in total. The first-order valence-electron chi connectivity index (χ1n) is 5.27. The van der Waals surface area contributed by atoms with Gasteiger partial charge in [-0.2, -0.15) is 0 Å². The van der Waals surface area contributed by atoms with E-state index in [9.17, 15) is 14.7 Å². The maximum atomic E-state index is 11.6. The van der Waals surface area contributed by atoms with Crippen molar-refractivity contribution < 1.29 is 19.4 Å². The minimum atomic E-state index is -1.37. The number of esters is 1. The lowest BCUT2D eigenvalue weighted by Crippen LogP contribution is -2.37. The van der Waals surface area contributed by atoms with E-state index in [1.54, 1.807) is 5.38 Å². The number of carbonyl (C=O) groups excluding carboxylic acids is 2. The van der Waals surface area contributed by atoms with Gasteiger partial charge in [0.1, 0.15) is 5.69 Å². The Balaban J connectivity index is 2.47. The number of aromatic nitrogens is 1. The zero-order valence-electron chi connectivity index (χ0n) is 9.88. The second-order valence-electron chi connectivity index (χ2n) is 3.41. The van der Waals surface area contributed by atoms with E-state index >= 15 is 0 Å². The average molecular weight is 273 g/mol. The summed E-state index contributed by atoms with van der Waals surface area (Å²) in [6.07, 6.45) is -0.760. The van der Waals surface area contributed by atoms with E-state index in [1.807, 2.05) is 0 Å². The molecule has 1 rings (SSSR count). The molecule has 1 unspecified atom stereocenters. The molecule has 0 aliphatic carbocycles. The van der Waals surface area contributed by atoms with E-state index in [1.165, 1.54) is 11.3 Å². The van der Waals surface area contributed by atoms with Gasteiger partial charge in [0.15, 0.2) is 6.10 Å². The molecule has 1 amide bonds. The van der Waals surface area contributed by atoms with E-state index in [0.29, 0.717) is 13.0 Å². The fourth-order valence-corrected chi connectivity index (χ4v) is 1.95. The van der Waals surface area contributed by atoms with Crippen molar-refractivity contribution in [2.45, 2.75) is 12.5 Å². The van der Waals surface area contributed by atoms with Crippen molar-refractivity contribution in [3.05, 3.63) is 16.1 Å². The molecule has 1 aromatic heterocycles. The van der Waals surface area contributed by atoms with Crippen LogP contribution in [0.4, 0.5) is 0 Å². The molecule has 0 spiro atoms. The Bertz CT molecular complexity index is 421. The quantitative estimate of drug-likeness (QED) is 0.567. The summed E-state index contributed by atoms with van der Waals surface area (Å²) in [6.45, 7) is 0.255. The van der Waals surface area contributed by atoms with Gasteiger partial charge in [-0.3, -0.25) is 4.79 Å². The van der Waals surface area contributed by atoms with Gasteiger partial charge >= 0.3 is 5.97 Å². The highest BCUT2D eigenvalue weighted by atomic mass is 32.1. The molecule has 8 heteroatoms. The number of aliphatic hydroxyl groups is 1. The summed E-state index contributed by atoms with van der Waals surface area (Å²) in [5, 5.41) is 14.0. The van der Waals surface area contributed by atoms with Gasteiger partial charge in [0, 0.05) is 11.8 Å². The zero-order chi connectivity index (χ0) is 13.5. The molecule has 1 heterocycles. The van der Waals surface area contributed by atoms with Gasteiger partial charge in [-0.25, -0.2) is 9.78 Å². The predicted octanol–water partition coefficient (Wildman–Crippen LogP) is -1.09. The van der Waals surface area contributed by atoms with Crippen molar-refractivity contribution in [2.24, 2.45) is 5.73 Å². The Morgan fingerprint density at radius 3 is 3.00 bits per heavy atom. The summed E-state index contributed by atoms with van der Waals surface area (Å²) in [4.78, 5) is 26.6. The lowest BCUT2D eigenvalue weighted by Gasteiger charge is -2.08. The maximum absolute atomic E-state index is 11.6. The van der Waals surface area contributed by atoms with Crippen LogP contribution in [0.15, 0.2) is 5.38 Å². The van der Waals surface area contributed by atoms with Crippen LogP contribution in [0, 0.1) is 0 Å². The summed E-state index contributed by atoms with van der Waals surface area (Å²) >= 11 is 1.34. The Morgan fingerprint density at radius 1 is 1.67 bits per heavy atom. The van der Waals surface area contributed by atoms with Gasteiger partial charge in [0.25, 0.3) is 5.91 Å². The van der Waals surface area contributed by atoms with Crippen LogP contribution in [0.3, 0.4) is 0 Å². The number of amides is 1. The number of nitrogens with one attached hydrogen (secondary N) is 1. The largest absolute Gasteiger partial charge is 0.467 e. The molecule has 0 radical (unpaired) electrons. The number of thiazole rings is 1. The maximum Gasteiger partial charge on any atom is 0.336 e. The molecule has 4 N–H and O–H groups in total. The van der Waals surface area contributed by atoms with Crippen molar-refractivity contribution in [2.75, 3.05) is 20.2 Å². The molecule has 0 aliphatic heterocycles. The minimum absolute atomic E-state index is 0.213. The van der Waals surface area contributed by atoms with Crippen LogP contribution in [0.25, 0.3) is 0 Å². The molecule has 100 valence electrons. The smallest absolute Gasteiger partial charge is 0.336 e. The van der Waals surface area contributed by atoms with Crippen molar-refractivity contribution in [1.29, 1.82) is 0 Å². The lowest BCUT2D eigenvalue weighted by atomic mass is 10.3. The molecule has 0 saturated heterocycles. The van der Waals surface area contributed by atoms with Crippen LogP contribution in [0.5, 0.6) is 0 Å². The minimum Gasteiger partial charge on any atom is -0.467 e. The summed E-state index contributed by atoms with van der Waals surface area (Å²) in [7, 11) is 1.16. The Kier molecular flexibility index (Phi) is 5.69. The van der Waals surface area contributed by atoms with Gasteiger partial charge in [0.2, 0.25) is 0 Å². The highest BCUT2D eigenvalue weighted by Crippen LogP contribution is 2.09. The monoisotopic (exact) mass is 273 g/mol. The second kappa shape index (κ2) is 7.04. The predicted molar refractivity (Wildman–Crippen MR) is 65.2 cm³/mol. The summed E-state index contributed by atoms with van der Waals surface area (Å²) in [5.74, 6) is -1.24. The number of rotatable bonds is 6. The lowest BCUT2D eigenvalue weighted by molar-refractivity contribution is -0.149. The summed E-state index contributed by atoms with van der Waals surface area (Å²) < 4.78 is 4.32. The number of hydrogen-bond donors (Lipinski definition) is 3. The van der Waals surface area contributed by atoms with Crippen LogP contribution >= 0.6 is 11.3 Å². The SMILES string of the molecule is COC(=O)C(O)CNC(=O)c1csc(CCN)n1. The zero-order valence-corrected chi connectivity index (χ0v) is 10.7. The van der Waals surface area contributed by atoms with Crippen molar-refractivity contribution >= 4 is 23.2 Å². The molecule has 0 aromatic carbocycles. The molecule has 1 aromatic rings. The van der Waals surface area contributed by atoms with Crippen LogP contribution in [0.2, 0.25) is 0 Å². The third kappa shape index (κ3) is 4.06. The third-order valence-electron chi connectivity index (χ3n) is 2.07. The molecular weight excluding hydrogens is 258 g/mol. The number of aliphatic hydroxyl groups excluding tert-OH is 1. The Morgan fingerprint density at radius 2 is 2.39 bits per heavy atom. The van der Waals surface area contributed by atoms with E-state index in [-0.39, 0.29) is 12.2 Å². The van der Waals surface area contributed by atoms with E-state index in [2.05, 4.69) is 15.0 Å². The molecule has 18 heavy (non-hydrogen) atoms. The van der Waals surface area contributed by atoms with Crippen LogP contribution < -0.4 is 11.1 Å². The summed E-state index contributed by atoms with van der Waals surface area (Å²) in [5.41, 5.74) is 5.63. The van der Waals surface area contributed by atoms with Crippen LogP contribution in [-0.4, -0.2) is 48.3 Å². The van der Waals surface area contributed by atoms with Crippen molar-refractivity contribution in [3.8, 4) is 0 Å². The van der Waals surface area contributed by atoms with Crippen LogP contribution in [-0.2, 0) is 16.0 Å². The van der Waals surface area contributed by atoms with Gasteiger partial charge < -0.3 is 20.9 Å². The van der Waals surface area contributed by atoms with Crippen LogP contribution in [0.1, 0.15) is 15.5 Å². The normalized spacial score (nSPS) is 11.9. The standard InChI is InChI=1S/C10H15N3O4S/c1-17-10(16)7(14)4-12-9(15)6-5-18-8(13-6)2-3-11/h5,7,14H,2-4,11H2,1H3,(H,12,15). The molecule has 0 fully saturated rings. The van der Waals surface area contributed by atoms with E-state index in [0.717, 1.165) is 12.1 Å². The number of methoxy groups -OCH3 is 1.